The van der Waals surface area contributed by atoms with E-state index in [4.69, 9.17) is 4.74 Å². The lowest BCUT2D eigenvalue weighted by molar-refractivity contribution is -0.149. The average Bonchev–Trinajstić information content (AvgIpc) is 3.45. The Bertz CT molecular complexity index is 1100. The summed E-state index contributed by atoms with van der Waals surface area (Å²) < 4.78 is 5.77. The van der Waals surface area contributed by atoms with Crippen molar-refractivity contribution in [1.82, 2.24) is 10.2 Å². The fraction of sp³-hybridized carbons (Fsp3) is 0.424. The van der Waals surface area contributed by atoms with Gasteiger partial charge in [-0.25, -0.2) is 0 Å². The first-order chi connectivity index (χ1) is 19.4. The molecule has 0 aromatic heterocycles. The summed E-state index contributed by atoms with van der Waals surface area (Å²) in [6.45, 7) is 8.09. The molecule has 2 amide bonds. The van der Waals surface area contributed by atoms with E-state index in [-0.39, 0.29) is 49.4 Å². The normalized spacial score (nSPS) is 16.9. The number of carbonyl (C=O) groups is 3. The highest BCUT2D eigenvalue weighted by Crippen LogP contribution is 2.21. The van der Waals surface area contributed by atoms with Crippen LogP contribution in [0.1, 0.15) is 43.2 Å². The highest BCUT2D eigenvalue weighted by Gasteiger charge is 2.32. The number of hydrogen-bond acceptors (Lipinski definition) is 5. The third-order valence-corrected chi connectivity index (χ3v) is 7.36. The topological polar surface area (TPSA) is 95.9 Å². The number of nitrogens with zero attached hydrogens (tertiary/aromatic N) is 1. The Morgan fingerprint density at radius 2 is 1.55 bits per heavy atom. The van der Waals surface area contributed by atoms with Crippen molar-refractivity contribution in [1.29, 1.82) is 0 Å². The number of aliphatic hydroxyl groups excluding tert-OH is 1. The average molecular weight is 547 g/mol. The van der Waals surface area contributed by atoms with E-state index in [9.17, 15) is 19.5 Å². The quantitative estimate of drug-likeness (QED) is 0.242. The molecule has 1 aliphatic heterocycles. The molecule has 0 saturated carbocycles. The summed E-state index contributed by atoms with van der Waals surface area (Å²) in [5, 5.41) is 12.7. The van der Waals surface area contributed by atoms with Crippen LogP contribution in [0.25, 0.3) is 0 Å². The molecule has 2 aromatic rings. The molecule has 1 fully saturated rings. The van der Waals surface area contributed by atoms with Crippen molar-refractivity contribution < 1.29 is 24.2 Å². The Balaban J connectivity index is 1.68. The molecule has 7 nitrogen and oxygen atoms in total. The van der Waals surface area contributed by atoms with Gasteiger partial charge in [-0.2, -0.15) is 0 Å². The van der Waals surface area contributed by atoms with Crippen molar-refractivity contribution in [3.8, 4) is 0 Å². The van der Waals surface area contributed by atoms with Crippen LogP contribution in [0.4, 0.5) is 0 Å². The number of nitrogens with one attached hydrogen (secondary N) is 1. The monoisotopic (exact) mass is 546 g/mol. The Labute approximate surface area is 237 Å². The van der Waals surface area contributed by atoms with Crippen LogP contribution in [0, 0.1) is 11.8 Å². The minimum Gasteiger partial charge on any atom is -0.463 e. The lowest BCUT2D eigenvalue weighted by atomic mass is 9.96. The van der Waals surface area contributed by atoms with Gasteiger partial charge in [-0.15, -0.1) is 13.2 Å². The number of hydrogen-bond donors (Lipinski definition) is 2. The molecule has 40 heavy (non-hydrogen) atoms. The van der Waals surface area contributed by atoms with E-state index in [2.05, 4.69) is 18.5 Å². The van der Waals surface area contributed by atoms with Crippen molar-refractivity contribution in [2.45, 2.75) is 57.0 Å². The molecule has 3 rings (SSSR count). The summed E-state index contributed by atoms with van der Waals surface area (Å²) in [6, 6.07) is 18.8. The van der Waals surface area contributed by atoms with Crippen molar-refractivity contribution in [3.05, 3.63) is 97.1 Å². The van der Waals surface area contributed by atoms with E-state index in [1.54, 1.807) is 17.1 Å². The molecule has 0 unspecified atom stereocenters. The highest BCUT2D eigenvalue weighted by atomic mass is 16.5. The lowest BCUT2D eigenvalue weighted by Gasteiger charge is -2.26. The molecule has 1 aliphatic rings. The van der Waals surface area contributed by atoms with Gasteiger partial charge >= 0.3 is 5.97 Å². The largest absolute Gasteiger partial charge is 0.463 e. The van der Waals surface area contributed by atoms with Crippen molar-refractivity contribution in [2.24, 2.45) is 11.8 Å². The van der Waals surface area contributed by atoms with Gasteiger partial charge in [0.2, 0.25) is 11.8 Å². The summed E-state index contributed by atoms with van der Waals surface area (Å²) in [6.07, 6.45) is 6.83. The van der Waals surface area contributed by atoms with E-state index in [1.165, 1.54) is 0 Å². The summed E-state index contributed by atoms with van der Waals surface area (Å²) >= 11 is 0. The Kier molecular flexibility index (Phi) is 12.6. The van der Waals surface area contributed by atoms with Crippen LogP contribution in [0.2, 0.25) is 0 Å². The molecule has 0 radical (unpaired) electrons. The van der Waals surface area contributed by atoms with Gasteiger partial charge in [-0.05, 0) is 49.7 Å². The van der Waals surface area contributed by atoms with Crippen LogP contribution in [0.5, 0.6) is 0 Å². The predicted octanol–water partition coefficient (Wildman–Crippen LogP) is 4.26. The third-order valence-electron chi connectivity index (χ3n) is 7.36. The van der Waals surface area contributed by atoms with Gasteiger partial charge in [0.05, 0.1) is 30.5 Å². The number of rotatable bonds is 16. The van der Waals surface area contributed by atoms with Gasteiger partial charge in [0.25, 0.3) is 0 Å². The predicted molar refractivity (Wildman–Crippen MR) is 156 cm³/mol. The van der Waals surface area contributed by atoms with Crippen LogP contribution in [-0.2, 0) is 32.0 Å². The second kappa shape index (κ2) is 16.4. The second-order valence-corrected chi connectivity index (χ2v) is 10.4. The zero-order chi connectivity index (χ0) is 28.7. The number of esters is 1. The molecule has 214 valence electrons. The summed E-state index contributed by atoms with van der Waals surface area (Å²) in [4.78, 5) is 41.2. The third kappa shape index (κ3) is 9.49. The number of carbonyl (C=O) groups excluding carboxylic acids is 3. The highest BCUT2D eigenvalue weighted by molar-refractivity contribution is 5.86. The van der Waals surface area contributed by atoms with Crippen LogP contribution in [0.15, 0.2) is 86.0 Å². The first-order valence-corrected chi connectivity index (χ1v) is 14.1. The molecule has 4 atom stereocenters. The minimum absolute atomic E-state index is 0.00929. The van der Waals surface area contributed by atoms with E-state index >= 15 is 0 Å². The van der Waals surface area contributed by atoms with Gasteiger partial charge in [0.1, 0.15) is 6.61 Å². The molecule has 7 heteroatoms. The number of amides is 2. The maximum Gasteiger partial charge on any atom is 0.309 e. The maximum atomic E-state index is 13.4. The van der Waals surface area contributed by atoms with Crippen LogP contribution in [-0.4, -0.2) is 59.6 Å². The molecular weight excluding hydrogens is 504 g/mol. The number of aliphatic hydroxyl groups is 1. The van der Waals surface area contributed by atoms with Gasteiger partial charge in [0.15, 0.2) is 0 Å². The number of allylic oxidation sites excluding steroid dienone is 2. The van der Waals surface area contributed by atoms with E-state index < -0.39 is 12.0 Å². The zero-order valence-electron chi connectivity index (χ0n) is 23.3. The van der Waals surface area contributed by atoms with Crippen LogP contribution in [0.3, 0.4) is 0 Å². The van der Waals surface area contributed by atoms with Gasteiger partial charge in [-0.1, -0.05) is 72.8 Å². The number of benzene rings is 2. The zero-order valence-corrected chi connectivity index (χ0v) is 23.3. The first-order valence-electron chi connectivity index (χ1n) is 14.1. The SMILES string of the molecule is C=CC[C@H](CC(=O)N1CCC[C@H]1CO)C(=O)N[C@@H](COC(=O)[C@@H](CC=C)Cc1ccccc1)Cc1ccccc1. The lowest BCUT2D eigenvalue weighted by Crippen LogP contribution is -2.45. The Morgan fingerprint density at radius 1 is 0.950 bits per heavy atom. The van der Waals surface area contributed by atoms with Gasteiger partial charge < -0.3 is 20.1 Å². The minimum atomic E-state index is -0.606. The number of ether oxygens (including phenoxy) is 1. The van der Waals surface area contributed by atoms with Gasteiger partial charge in [-0.3, -0.25) is 14.4 Å². The molecule has 0 aliphatic carbocycles. The standard InChI is InChI=1S/C33H42N2O5/c1-3-12-27(22-31(37)35-19-11-18-30(35)23-36)32(38)34-29(21-26-16-9-6-10-17-26)24-40-33(39)28(13-4-2)20-25-14-7-5-8-15-25/h3-10,14-17,27-30,36H,1-2,11-13,18-24H2,(H,34,38)/t27-,28+,29-,30+/m1/s1. The molecule has 2 N–H and O–H groups in total. The van der Waals surface area contributed by atoms with Crippen LogP contribution >= 0.6 is 0 Å². The fourth-order valence-electron chi connectivity index (χ4n) is 5.20. The molecule has 1 saturated heterocycles. The summed E-state index contributed by atoms with van der Waals surface area (Å²) in [5.41, 5.74) is 2.04. The Morgan fingerprint density at radius 3 is 2.15 bits per heavy atom. The van der Waals surface area contributed by atoms with Gasteiger partial charge in [0, 0.05) is 13.0 Å². The fourth-order valence-corrected chi connectivity index (χ4v) is 5.20. The summed E-state index contributed by atoms with van der Waals surface area (Å²) in [7, 11) is 0. The molecular formula is C33H42N2O5. The first kappa shape index (κ1) is 30.8. The van der Waals surface area contributed by atoms with Crippen molar-refractivity contribution >= 4 is 17.8 Å². The smallest absolute Gasteiger partial charge is 0.309 e. The summed E-state index contributed by atoms with van der Waals surface area (Å²) in [5.74, 6) is -1.74. The Hall–Kier alpha value is -3.71. The maximum absolute atomic E-state index is 13.4. The molecule has 0 spiro atoms. The molecule has 1 heterocycles. The van der Waals surface area contributed by atoms with Crippen molar-refractivity contribution in [3.63, 3.8) is 0 Å². The van der Waals surface area contributed by atoms with Crippen molar-refractivity contribution in [2.75, 3.05) is 19.8 Å². The van der Waals surface area contributed by atoms with E-state index in [0.717, 1.165) is 24.0 Å². The van der Waals surface area contributed by atoms with E-state index in [0.29, 0.717) is 32.2 Å². The van der Waals surface area contributed by atoms with E-state index in [1.807, 2.05) is 60.7 Å². The second-order valence-electron chi connectivity index (χ2n) is 10.4. The van der Waals surface area contributed by atoms with Crippen LogP contribution < -0.4 is 5.32 Å². The molecule has 0 bridgehead atoms. The number of likely N-dealkylation sites (tertiary alicyclic amines) is 1. The molecule has 2 aromatic carbocycles.